The van der Waals surface area contributed by atoms with E-state index in [0.717, 1.165) is 45.1 Å². The fourth-order valence-corrected chi connectivity index (χ4v) is 6.61. The lowest BCUT2D eigenvalue weighted by Crippen LogP contribution is -2.34. The molecule has 2 amide bonds. The number of amides is 2. The van der Waals surface area contributed by atoms with Gasteiger partial charge in [0.15, 0.2) is 0 Å². The summed E-state index contributed by atoms with van der Waals surface area (Å²) >= 11 is 0. The maximum Gasteiger partial charge on any atom is 0.274 e. The highest BCUT2D eigenvalue weighted by Crippen LogP contribution is 2.67. The lowest BCUT2D eigenvalue weighted by atomic mass is 9.83. The van der Waals surface area contributed by atoms with Crippen molar-refractivity contribution >= 4 is 45.1 Å². The molecule has 1 spiro atoms. The Morgan fingerprint density at radius 2 is 1.79 bits per heavy atom. The molecule has 3 aliphatic rings. The molecule has 1 unspecified atom stereocenters. The Balaban J connectivity index is 1.07. The number of benzene rings is 2. The smallest absolute Gasteiger partial charge is 0.274 e. The molecular formula is C30H23N5O3. The third kappa shape index (κ3) is 2.77. The number of nitrogens with one attached hydrogen (secondary N) is 4. The third-order valence-electron chi connectivity index (χ3n) is 8.42. The highest BCUT2D eigenvalue weighted by atomic mass is 16.2. The Morgan fingerprint density at radius 3 is 2.66 bits per heavy atom. The minimum absolute atomic E-state index is 0.0777. The van der Waals surface area contributed by atoms with Crippen molar-refractivity contribution in [3.05, 3.63) is 101 Å². The molecule has 4 N–H and O–H groups in total. The topological polar surface area (TPSA) is 114 Å². The van der Waals surface area contributed by atoms with Crippen molar-refractivity contribution < 1.29 is 14.4 Å². The molecule has 3 aromatic heterocycles. The minimum Gasteiger partial charge on any atom is -0.358 e. The van der Waals surface area contributed by atoms with Gasteiger partial charge in [-0.2, -0.15) is 0 Å². The SMILES string of the molecule is Cc1c[nH]c2c1[C@@]13CC1CN(C(=O)c1cc4cc(NC(=O)c5cc6ccccc6[nH]5)ccc4[nH]1)C3=CC2=O. The van der Waals surface area contributed by atoms with Gasteiger partial charge in [-0.3, -0.25) is 14.4 Å². The van der Waals surface area contributed by atoms with Crippen LogP contribution in [0.4, 0.5) is 5.69 Å². The van der Waals surface area contributed by atoms with Crippen molar-refractivity contribution in [1.29, 1.82) is 0 Å². The average molecular weight is 502 g/mol. The van der Waals surface area contributed by atoms with Gasteiger partial charge < -0.3 is 25.2 Å². The van der Waals surface area contributed by atoms with Crippen LogP contribution in [0.5, 0.6) is 0 Å². The van der Waals surface area contributed by atoms with E-state index in [1.165, 1.54) is 0 Å². The number of nitrogens with zero attached hydrogens (tertiary/aromatic N) is 1. The number of fused-ring (bicyclic) bond motifs is 3. The second-order valence-electron chi connectivity index (χ2n) is 10.6. The number of rotatable bonds is 3. The summed E-state index contributed by atoms with van der Waals surface area (Å²) in [6.07, 6.45) is 4.50. The number of H-pyrrole nitrogens is 3. The molecule has 0 bridgehead atoms. The van der Waals surface area contributed by atoms with E-state index in [9.17, 15) is 14.4 Å². The summed E-state index contributed by atoms with van der Waals surface area (Å²) in [5, 5.41) is 4.73. The first-order chi connectivity index (χ1) is 18.4. The van der Waals surface area contributed by atoms with E-state index < -0.39 is 0 Å². The van der Waals surface area contributed by atoms with Crippen molar-refractivity contribution in [3.8, 4) is 0 Å². The summed E-state index contributed by atoms with van der Waals surface area (Å²) < 4.78 is 0. The van der Waals surface area contributed by atoms with Crippen molar-refractivity contribution in [2.45, 2.75) is 18.8 Å². The van der Waals surface area contributed by atoms with E-state index in [2.05, 4.69) is 20.3 Å². The lowest BCUT2D eigenvalue weighted by Gasteiger charge is -2.28. The molecule has 8 nitrogen and oxygen atoms in total. The van der Waals surface area contributed by atoms with Crippen LogP contribution in [0.2, 0.25) is 0 Å². The van der Waals surface area contributed by atoms with Gasteiger partial charge in [-0.25, -0.2) is 0 Å². The van der Waals surface area contributed by atoms with Crippen molar-refractivity contribution in [2.75, 3.05) is 11.9 Å². The van der Waals surface area contributed by atoms with Gasteiger partial charge >= 0.3 is 0 Å². The Labute approximate surface area is 216 Å². The molecule has 2 aliphatic carbocycles. The van der Waals surface area contributed by atoms with Crippen molar-refractivity contribution in [2.24, 2.45) is 5.92 Å². The van der Waals surface area contributed by atoms with Gasteiger partial charge in [-0.05, 0) is 66.8 Å². The first-order valence-electron chi connectivity index (χ1n) is 12.7. The number of hydrogen-bond acceptors (Lipinski definition) is 3. The number of ketones is 1. The molecule has 4 heterocycles. The fourth-order valence-electron chi connectivity index (χ4n) is 6.61. The highest BCUT2D eigenvalue weighted by molar-refractivity contribution is 6.10. The summed E-state index contributed by atoms with van der Waals surface area (Å²) in [4.78, 5) is 50.6. The molecule has 38 heavy (non-hydrogen) atoms. The lowest BCUT2D eigenvalue weighted by molar-refractivity contribution is 0.0806. The zero-order chi connectivity index (χ0) is 25.8. The van der Waals surface area contributed by atoms with Gasteiger partial charge in [0, 0.05) is 57.4 Å². The Hall–Kier alpha value is -4.85. The summed E-state index contributed by atoms with van der Waals surface area (Å²) in [6.45, 7) is 2.62. The molecule has 2 atom stereocenters. The molecule has 186 valence electrons. The minimum atomic E-state index is -0.234. The molecule has 8 rings (SSSR count). The number of anilines is 1. The Kier molecular flexibility index (Phi) is 3.99. The number of aryl methyl sites for hydroxylation is 1. The second-order valence-corrected chi connectivity index (χ2v) is 10.6. The number of piperidine rings is 1. The summed E-state index contributed by atoms with van der Waals surface area (Å²) in [6, 6.07) is 16.9. The quantitative estimate of drug-likeness (QED) is 0.278. The number of aromatic nitrogens is 3. The third-order valence-corrected chi connectivity index (χ3v) is 8.42. The molecule has 2 aromatic carbocycles. The number of likely N-dealkylation sites (tertiary alicyclic amines) is 1. The summed E-state index contributed by atoms with van der Waals surface area (Å²) in [5.41, 5.74) is 6.67. The van der Waals surface area contributed by atoms with Crippen LogP contribution in [-0.2, 0) is 5.41 Å². The molecular weight excluding hydrogens is 478 g/mol. The summed E-state index contributed by atoms with van der Waals surface area (Å²) in [5.74, 6) is -0.129. The van der Waals surface area contributed by atoms with Crippen LogP contribution in [0.15, 0.2) is 72.6 Å². The van der Waals surface area contributed by atoms with Gasteiger partial charge in [0.1, 0.15) is 11.4 Å². The van der Waals surface area contributed by atoms with Crippen LogP contribution in [-0.4, -0.2) is 44.0 Å². The van der Waals surface area contributed by atoms with E-state index in [-0.39, 0.29) is 23.0 Å². The van der Waals surface area contributed by atoms with Crippen LogP contribution in [0.25, 0.3) is 21.8 Å². The van der Waals surface area contributed by atoms with Gasteiger partial charge in [0.25, 0.3) is 11.8 Å². The standard InChI is InChI=1S/C30H23N5O3/c1-15-13-31-27-24(36)11-25-30(26(15)27)12-18(30)14-35(25)29(38)23-10-17-8-19(6-7-21(17)34-23)32-28(37)22-9-16-4-2-3-5-20(16)33-22/h2-11,13,18,31,33-34H,12,14H2,1H3,(H,32,37)/t18?,30-/m0/s1. The van der Waals surface area contributed by atoms with Gasteiger partial charge in [0.2, 0.25) is 5.78 Å². The maximum atomic E-state index is 13.7. The fraction of sp³-hybridized carbons (Fsp3) is 0.167. The predicted molar refractivity (Wildman–Crippen MR) is 143 cm³/mol. The predicted octanol–water partition coefficient (Wildman–Crippen LogP) is 5.03. The number of carbonyl (C=O) groups excluding carboxylic acids is 3. The number of para-hydroxylation sites is 1. The largest absolute Gasteiger partial charge is 0.358 e. The van der Waals surface area contributed by atoms with E-state index >= 15 is 0 Å². The molecule has 2 fully saturated rings. The van der Waals surface area contributed by atoms with E-state index in [4.69, 9.17) is 0 Å². The second kappa shape index (κ2) is 7.13. The number of carbonyl (C=O) groups is 3. The summed E-state index contributed by atoms with van der Waals surface area (Å²) in [7, 11) is 0. The zero-order valence-electron chi connectivity index (χ0n) is 20.5. The monoisotopic (exact) mass is 501 g/mol. The van der Waals surface area contributed by atoms with E-state index in [1.54, 1.807) is 11.0 Å². The van der Waals surface area contributed by atoms with Crippen LogP contribution >= 0.6 is 0 Å². The van der Waals surface area contributed by atoms with E-state index in [1.807, 2.05) is 67.7 Å². The van der Waals surface area contributed by atoms with Crippen LogP contribution in [0.1, 0.15) is 49.0 Å². The molecule has 1 saturated carbocycles. The number of aromatic amines is 3. The van der Waals surface area contributed by atoms with Crippen LogP contribution in [0, 0.1) is 12.8 Å². The first-order valence-corrected chi connectivity index (χ1v) is 12.7. The normalized spacial score (nSPS) is 21.3. The average Bonchev–Trinajstić information content (AvgIpc) is 3.37. The Bertz CT molecular complexity index is 1870. The molecule has 1 aliphatic heterocycles. The zero-order valence-corrected chi connectivity index (χ0v) is 20.5. The maximum absolute atomic E-state index is 13.7. The van der Waals surface area contributed by atoms with Crippen molar-refractivity contribution in [3.63, 3.8) is 0 Å². The van der Waals surface area contributed by atoms with Crippen LogP contribution < -0.4 is 5.32 Å². The highest BCUT2D eigenvalue weighted by Gasteiger charge is 2.68. The van der Waals surface area contributed by atoms with Gasteiger partial charge in [-0.1, -0.05) is 18.2 Å². The van der Waals surface area contributed by atoms with Crippen molar-refractivity contribution in [1.82, 2.24) is 19.9 Å². The first kappa shape index (κ1) is 21.3. The Morgan fingerprint density at radius 1 is 1.00 bits per heavy atom. The van der Waals surface area contributed by atoms with Gasteiger partial charge in [0.05, 0.1) is 5.69 Å². The van der Waals surface area contributed by atoms with Gasteiger partial charge in [-0.15, -0.1) is 0 Å². The molecule has 8 heteroatoms. The molecule has 1 saturated heterocycles. The van der Waals surface area contributed by atoms with E-state index in [0.29, 0.717) is 35.2 Å². The van der Waals surface area contributed by atoms with Crippen LogP contribution in [0.3, 0.4) is 0 Å². The number of hydrogen-bond donors (Lipinski definition) is 4. The number of allylic oxidation sites excluding steroid dienone is 2. The molecule has 0 radical (unpaired) electrons. The molecule has 5 aromatic rings.